The second-order valence-corrected chi connectivity index (χ2v) is 13.1. The first kappa shape index (κ1) is 32.5. The predicted octanol–water partition coefficient (Wildman–Crippen LogP) is 5.49. The van der Waals surface area contributed by atoms with Crippen LogP contribution in [0.4, 0.5) is 0 Å². The Kier molecular flexibility index (Phi) is 10.0. The summed E-state index contributed by atoms with van der Waals surface area (Å²) in [4.78, 5) is 50.1. The molecule has 0 bridgehead atoms. The topological polar surface area (TPSA) is 114 Å². The Hall–Kier alpha value is -4.48. The second-order valence-electron chi connectivity index (χ2n) is 13.1. The van der Waals surface area contributed by atoms with Gasteiger partial charge in [-0.1, -0.05) is 12.1 Å². The molecule has 0 saturated carbocycles. The first-order chi connectivity index (χ1) is 22.7. The Morgan fingerprint density at radius 3 is 2.11 bits per heavy atom. The standard InChI is InChI=1S/C36H46N8O3/c1-41(2)20-16-33(45)43-18-6-10-31(43)35-37-23-29(39-35)25-12-14-27(15-13-25)47-28-9-5-8-26(22-28)30-24-38-36(40-30)32-11-7-19-44(32)34(46)17-21-42(3)4/h5,8-9,12-15,22-24,31-32H,6-7,10-11,16-21H2,1-4H3,(H,37,39)(H,38,40)/t31-,32-/m0/s1. The highest BCUT2D eigenvalue weighted by molar-refractivity contribution is 5.77. The minimum absolute atomic E-state index is 0.00781. The molecule has 2 saturated heterocycles. The number of imidazole rings is 2. The highest BCUT2D eigenvalue weighted by Gasteiger charge is 2.33. The van der Waals surface area contributed by atoms with Gasteiger partial charge in [0.2, 0.25) is 11.8 Å². The minimum atomic E-state index is -0.0185. The van der Waals surface area contributed by atoms with Gasteiger partial charge in [-0.05, 0) is 95.8 Å². The van der Waals surface area contributed by atoms with Gasteiger partial charge < -0.3 is 34.3 Å². The van der Waals surface area contributed by atoms with Crippen LogP contribution in [0.1, 0.15) is 62.3 Å². The zero-order valence-electron chi connectivity index (χ0n) is 27.9. The van der Waals surface area contributed by atoms with Crippen molar-refractivity contribution >= 4 is 11.8 Å². The molecule has 2 N–H and O–H groups in total. The van der Waals surface area contributed by atoms with Crippen molar-refractivity contribution in [1.82, 2.24) is 39.5 Å². The number of hydrogen-bond acceptors (Lipinski definition) is 7. The van der Waals surface area contributed by atoms with E-state index in [9.17, 15) is 9.59 Å². The number of ether oxygens (including phenoxy) is 1. The summed E-state index contributed by atoms with van der Waals surface area (Å²) in [6.45, 7) is 3.03. The Bertz CT molecular complexity index is 1660. The maximum absolute atomic E-state index is 12.9. The van der Waals surface area contributed by atoms with E-state index in [0.29, 0.717) is 18.6 Å². The molecule has 6 rings (SSSR count). The quantitative estimate of drug-likeness (QED) is 0.211. The van der Waals surface area contributed by atoms with Gasteiger partial charge in [-0.3, -0.25) is 9.59 Å². The fourth-order valence-electron chi connectivity index (χ4n) is 6.49. The number of benzene rings is 2. The smallest absolute Gasteiger partial charge is 0.224 e. The van der Waals surface area contributed by atoms with Crippen molar-refractivity contribution in [2.75, 3.05) is 54.4 Å². The van der Waals surface area contributed by atoms with Crippen LogP contribution in [0.25, 0.3) is 22.5 Å². The molecule has 0 radical (unpaired) electrons. The van der Waals surface area contributed by atoms with Crippen molar-refractivity contribution in [3.8, 4) is 34.0 Å². The first-order valence-electron chi connectivity index (χ1n) is 16.6. The van der Waals surface area contributed by atoms with Crippen LogP contribution in [-0.2, 0) is 9.59 Å². The molecule has 2 aliphatic rings. The first-order valence-corrected chi connectivity index (χ1v) is 16.6. The van der Waals surface area contributed by atoms with Crippen LogP contribution in [-0.4, -0.2) is 106 Å². The van der Waals surface area contributed by atoms with Gasteiger partial charge in [0.1, 0.15) is 23.1 Å². The molecule has 11 heteroatoms. The molecule has 2 aromatic heterocycles. The van der Waals surface area contributed by atoms with E-state index >= 15 is 0 Å². The lowest BCUT2D eigenvalue weighted by molar-refractivity contribution is -0.133. The molecule has 0 spiro atoms. The van der Waals surface area contributed by atoms with Gasteiger partial charge in [0.25, 0.3) is 0 Å². The molecular weight excluding hydrogens is 592 g/mol. The minimum Gasteiger partial charge on any atom is -0.457 e. The van der Waals surface area contributed by atoms with Crippen molar-refractivity contribution < 1.29 is 14.3 Å². The number of rotatable bonds is 12. The Morgan fingerprint density at radius 2 is 1.47 bits per heavy atom. The maximum atomic E-state index is 12.9. The third kappa shape index (κ3) is 7.74. The zero-order chi connectivity index (χ0) is 32.9. The summed E-state index contributed by atoms with van der Waals surface area (Å²) in [5, 5.41) is 0. The van der Waals surface area contributed by atoms with Gasteiger partial charge in [-0.15, -0.1) is 0 Å². The highest BCUT2D eigenvalue weighted by Crippen LogP contribution is 2.35. The molecule has 2 amide bonds. The number of aromatic nitrogens is 4. The number of likely N-dealkylation sites (tertiary alicyclic amines) is 2. The zero-order valence-corrected chi connectivity index (χ0v) is 27.9. The average Bonchev–Trinajstić information content (AvgIpc) is 3.89. The van der Waals surface area contributed by atoms with Crippen molar-refractivity contribution in [3.63, 3.8) is 0 Å². The molecule has 2 atom stereocenters. The molecule has 2 fully saturated rings. The van der Waals surface area contributed by atoms with Crippen molar-refractivity contribution in [2.24, 2.45) is 0 Å². The number of nitrogens with zero attached hydrogens (tertiary/aromatic N) is 6. The molecule has 4 aromatic rings. The predicted molar refractivity (Wildman–Crippen MR) is 182 cm³/mol. The summed E-state index contributed by atoms with van der Waals surface area (Å²) in [5.74, 6) is 3.46. The largest absolute Gasteiger partial charge is 0.457 e. The van der Waals surface area contributed by atoms with Gasteiger partial charge in [0.05, 0.1) is 29.7 Å². The van der Waals surface area contributed by atoms with Crippen LogP contribution in [0, 0.1) is 0 Å². The number of carbonyl (C=O) groups is 2. The lowest BCUT2D eigenvalue weighted by Gasteiger charge is -2.24. The molecule has 248 valence electrons. The van der Waals surface area contributed by atoms with E-state index in [1.165, 1.54) is 0 Å². The molecule has 0 aliphatic carbocycles. The lowest BCUT2D eigenvalue weighted by Crippen LogP contribution is -2.33. The highest BCUT2D eigenvalue weighted by atomic mass is 16.5. The maximum Gasteiger partial charge on any atom is 0.224 e. The fourth-order valence-corrected chi connectivity index (χ4v) is 6.49. The number of nitrogens with one attached hydrogen (secondary N) is 2. The Labute approximate surface area is 276 Å². The SMILES string of the molecule is CN(C)CCC(=O)N1CCC[C@H]1c1nc(-c2cccc(Oc3ccc(-c4cnc([C@@H]5CCCN5C(=O)CCN(C)C)[nH]4)cc3)c2)c[nH]1. The summed E-state index contributed by atoms with van der Waals surface area (Å²) < 4.78 is 6.23. The molecule has 2 aromatic carbocycles. The van der Waals surface area contributed by atoms with E-state index < -0.39 is 0 Å². The molecule has 4 heterocycles. The Balaban J connectivity index is 1.08. The van der Waals surface area contributed by atoms with Crippen molar-refractivity contribution in [2.45, 2.75) is 50.6 Å². The number of carbonyl (C=O) groups excluding carboxylic acids is 2. The molecule has 11 nitrogen and oxygen atoms in total. The van der Waals surface area contributed by atoms with Gasteiger partial charge >= 0.3 is 0 Å². The van der Waals surface area contributed by atoms with Crippen LogP contribution in [0.15, 0.2) is 60.9 Å². The monoisotopic (exact) mass is 638 g/mol. The lowest BCUT2D eigenvalue weighted by atomic mass is 10.1. The van der Waals surface area contributed by atoms with E-state index in [1.807, 2.05) is 109 Å². The fraction of sp³-hybridized carbons (Fsp3) is 0.444. The van der Waals surface area contributed by atoms with Gasteiger partial charge in [0.15, 0.2) is 0 Å². The molecular formula is C36H46N8O3. The average molecular weight is 639 g/mol. The van der Waals surface area contributed by atoms with E-state index in [0.717, 1.165) is 91.8 Å². The van der Waals surface area contributed by atoms with Crippen LogP contribution < -0.4 is 4.74 Å². The third-order valence-electron chi connectivity index (χ3n) is 9.05. The molecule has 47 heavy (non-hydrogen) atoms. The summed E-state index contributed by atoms with van der Waals surface area (Å²) >= 11 is 0. The van der Waals surface area contributed by atoms with Crippen LogP contribution in [0.5, 0.6) is 11.5 Å². The number of H-pyrrole nitrogens is 2. The van der Waals surface area contributed by atoms with Crippen LogP contribution in [0.2, 0.25) is 0 Å². The van der Waals surface area contributed by atoms with E-state index in [-0.39, 0.29) is 23.9 Å². The van der Waals surface area contributed by atoms with Crippen LogP contribution >= 0.6 is 0 Å². The summed E-state index contributed by atoms with van der Waals surface area (Å²) in [5.41, 5.74) is 3.68. The Morgan fingerprint density at radius 1 is 0.830 bits per heavy atom. The summed E-state index contributed by atoms with van der Waals surface area (Å²) in [6, 6.07) is 15.8. The summed E-state index contributed by atoms with van der Waals surface area (Å²) in [6.07, 6.45) is 8.58. The van der Waals surface area contributed by atoms with E-state index in [1.54, 1.807) is 0 Å². The van der Waals surface area contributed by atoms with Crippen molar-refractivity contribution in [3.05, 3.63) is 72.6 Å². The van der Waals surface area contributed by atoms with Crippen LogP contribution in [0.3, 0.4) is 0 Å². The number of aromatic amines is 2. The number of amides is 2. The summed E-state index contributed by atoms with van der Waals surface area (Å²) in [7, 11) is 7.95. The normalized spacial score (nSPS) is 18.1. The van der Waals surface area contributed by atoms with E-state index in [2.05, 4.69) is 15.0 Å². The van der Waals surface area contributed by atoms with Crippen molar-refractivity contribution in [1.29, 1.82) is 0 Å². The van der Waals surface area contributed by atoms with E-state index in [4.69, 9.17) is 9.72 Å². The van der Waals surface area contributed by atoms with Gasteiger partial charge in [0, 0.05) is 50.8 Å². The molecule has 0 unspecified atom stereocenters. The van der Waals surface area contributed by atoms with Gasteiger partial charge in [-0.2, -0.15) is 0 Å². The van der Waals surface area contributed by atoms with Gasteiger partial charge in [-0.25, -0.2) is 9.97 Å². The second kappa shape index (κ2) is 14.5. The third-order valence-corrected chi connectivity index (χ3v) is 9.05. The molecule has 2 aliphatic heterocycles. The number of hydrogen-bond donors (Lipinski definition) is 2.